The van der Waals surface area contributed by atoms with E-state index < -0.39 is 6.04 Å². The van der Waals surface area contributed by atoms with Gasteiger partial charge in [0, 0.05) is 6.92 Å². The highest BCUT2D eigenvalue weighted by molar-refractivity contribution is 5.88. The highest BCUT2D eigenvalue weighted by Gasteiger charge is 2.02. The molecule has 0 fully saturated rings. The summed E-state index contributed by atoms with van der Waals surface area (Å²) in [5.41, 5.74) is 0.710. The molecule has 0 aromatic heterocycles. The van der Waals surface area contributed by atoms with Crippen LogP contribution in [0.1, 0.15) is 22.8 Å². The van der Waals surface area contributed by atoms with Gasteiger partial charge in [0.05, 0.1) is 5.56 Å². The van der Waals surface area contributed by atoms with Crippen molar-refractivity contribution in [2.75, 3.05) is 0 Å². The molecule has 0 amide bonds. The van der Waals surface area contributed by atoms with E-state index in [9.17, 15) is 14.0 Å². The maximum Gasteiger partial charge on any atom is 0.332 e. The molecule has 0 aliphatic heterocycles. The Hall–Kier alpha value is -1.71. The summed E-state index contributed by atoms with van der Waals surface area (Å²) in [6.45, 7) is 1.44. The van der Waals surface area contributed by atoms with Crippen LogP contribution in [0, 0.1) is 0 Å². The van der Waals surface area contributed by atoms with Gasteiger partial charge in [0.25, 0.3) is 0 Å². The standard InChI is InChI=1S/C10H9FO3/c1-7(12)14-6-8-2-4-9(5-3-8)10(11)13/h2-5H,6H2,1H3. The van der Waals surface area contributed by atoms with Crippen molar-refractivity contribution in [1.29, 1.82) is 0 Å². The van der Waals surface area contributed by atoms with Gasteiger partial charge < -0.3 is 4.74 Å². The molecule has 0 atom stereocenters. The number of hydrogen-bond donors (Lipinski definition) is 0. The molecule has 14 heavy (non-hydrogen) atoms. The molecule has 0 unspecified atom stereocenters. The third kappa shape index (κ3) is 2.97. The summed E-state index contributed by atoms with van der Waals surface area (Å²) in [5, 5.41) is 0. The Morgan fingerprint density at radius 2 is 1.86 bits per heavy atom. The zero-order valence-corrected chi connectivity index (χ0v) is 7.62. The third-order valence-electron chi connectivity index (χ3n) is 1.62. The van der Waals surface area contributed by atoms with Gasteiger partial charge in [-0.25, -0.2) is 0 Å². The summed E-state index contributed by atoms with van der Waals surface area (Å²) < 4.78 is 16.9. The van der Waals surface area contributed by atoms with Gasteiger partial charge in [0.2, 0.25) is 0 Å². The molecule has 1 rings (SSSR count). The average molecular weight is 196 g/mol. The summed E-state index contributed by atoms with van der Waals surface area (Å²) in [6, 6.07) is 4.30. The van der Waals surface area contributed by atoms with Gasteiger partial charge in [-0.3, -0.25) is 9.59 Å². The van der Waals surface area contributed by atoms with Crippen molar-refractivity contribution in [3.8, 4) is 0 Å². The molecular weight excluding hydrogens is 187 g/mol. The molecule has 0 radical (unpaired) electrons. The number of carbonyl (C=O) groups excluding carboxylic acids is 2. The molecule has 0 spiro atoms. The molecule has 0 saturated heterocycles. The Bertz CT molecular complexity index is 343. The van der Waals surface area contributed by atoms with Gasteiger partial charge in [-0.2, -0.15) is 4.39 Å². The molecule has 74 valence electrons. The lowest BCUT2D eigenvalue weighted by Gasteiger charge is -2.01. The summed E-state index contributed by atoms with van der Waals surface area (Å²) in [7, 11) is 0. The number of esters is 1. The van der Waals surface area contributed by atoms with Crippen molar-refractivity contribution in [2.45, 2.75) is 13.5 Å². The second-order valence-corrected chi connectivity index (χ2v) is 2.75. The quantitative estimate of drug-likeness (QED) is 0.547. The molecule has 4 heteroatoms. The maximum absolute atomic E-state index is 12.2. The van der Waals surface area contributed by atoms with Crippen LogP contribution in [-0.2, 0) is 16.1 Å². The van der Waals surface area contributed by atoms with Crippen molar-refractivity contribution in [3.05, 3.63) is 35.4 Å². The van der Waals surface area contributed by atoms with Crippen LogP contribution in [0.25, 0.3) is 0 Å². The minimum atomic E-state index is -1.47. The minimum absolute atomic E-state index is 0.00317. The topological polar surface area (TPSA) is 43.4 Å². The molecule has 0 heterocycles. The van der Waals surface area contributed by atoms with Crippen molar-refractivity contribution in [2.24, 2.45) is 0 Å². The Labute approximate surface area is 80.5 Å². The van der Waals surface area contributed by atoms with Gasteiger partial charge in [0.1, 0.15) is 6.61 Å². The Balaban J connectivity index is 2.64. The number of rotatable bonds is 3. The molecular formula is C10H9FO3. The van der Waals surface area contributed by atoms with E-state index in [1.807, 2.05) is 0 Å². The summed E-state index contributed by atoms with van der Waals surface area (Å²) >= 11 is 0. The first-order valence-corrected chi connectivity index (χ1v) is 4.01. The molecule has 0 N–H and O–H groups in total. The predicted octanol–water partition coefficient (Wildman–Crippen LogP) is 1.86. The number of hydrogen-bond acceptors (Lipinski definition) is 3. The monoisotopic (exact) mass is 196 g/mol. The van der Waals surface area contributed by atoms with Crippen LogP contribution < -0.4 is 0 Å². The first kappa shape index (κ1) is 10.4. The van der Waals surface area contributed by atoms with E-state index >= 15 is 0 Å². The fourth-order valence-electron chi connectivity index (χ4n) is 0.917. The average Bonchev–Trinajstić information content (AvgIpc) is 2.15. The van der Waals surface area contributed by atoms with Crippen LogP contribution in [0.2, 0.25) is 0 Å². The molecule has 1 aromatic carbocycles. The lowest BCUT2D eigenvalue weighted by Crippen LogP contribution is -1.99. The summed E-state index contributed by atoms with van der Waals surface area (Å²) in [5.74, 6) is -0.379. The fourth-order valence-corrected chi connectivity index (χ4v) is 0.917. The summed E-state index contributed by atoms with van der Waals surface area (Å²) in [4.78, 5) is 20.7. The molecule has 0 aliphatic carbocycles. The Morgan fingerprint density at radius 3 is 2.29 bits per heavy atom. The van der Waals surface area contributed by atoms with E-state index in [2.05, 4.69) is 0 Å². The zero-order valence-electron chi connectivity index (χ0n) is 7.62. The lowest BCUT2D eigenvalue weighted by atomic mass is 10.1. The van der Waals surface area contributed by atoms with Crippen LogP contribution in [0.15, 0.2) is 24.3 Å². The van der Waals surface area contributed by atoms with Crippen molar-refractivity contribution >= 4 is 12.0 Å². The highest BCUT2D eigenvalue weighted by Crippen LogP contribution is 2.06. The zero-order chi connectivity index (χ0) is 10.6. The first-order valence-electron chi connectivity index (χ1n) is 4.01. The third-order valence-corrected chi connectivity index (χ3v) is 1.62. The van der Waals surface area contributed by atoms with E-state index in [4.69, 9.17) is 4.74 Å². The minimum Gasteiger partial charge on any atom is -0.461 e. The van der Waals surface area contributed by atoms with E-state index in [1.54, 1.807) is 0 Å². The van der Waals surface area contributed by atoms with E-state index in [0.29, 0.717) is 5.56 Å². The van der Waals surface area contributed by atoms with Crippen LogP contribution in [-0.4, -0.2) is 12.0 Å². The van der Waals surface area contributed by atoms with Crippen molar-refractivity contribution in [1.82, 2.24) is 0 Å². The van der Waals surface area contributed by atoms with Crippen molar-refractivity contribution < 1.29 is 18.7 Å². The largest absolute Gasteiger partial charge is 0.461 e. The first-order chi connectivity index (χ1) is 6.59. The van der Waals surface area contributed by atoms with Gasteiger partial charge in [-0.05, 0) is 17.7 Å². The second kappa shape index (κ2) is 4.50. The van der Waals surface area contributed by atoms with Gasteiger partial charge in [-0.15, -0.1) is 0 Å². The van der Waals surface area contributed by atoms with E-state index in [0.717, 1.165) is 0 Å². The smallest absolute Gasteiger partial charge is 0.332 e. The number of ether oxygens (including phenoxy) is 1. The van der Waals surface area contributed by atoms with Crippen LogP contribution in [0.5, 0.6) is 0 Å². The van der Waals surface area contributed by atoms with Gasteiger partial charge in [-0.1, -0.05) is 12.1 Å². The van der Waals surface area contributed by atoms with Crippen LogP contribution >= 0.6 is 0 Å². The molecule has 0 saturated carbocycles. The second-order valence-electron chi connectivity index (χ2n) is 2.75. The highest BCUT2D eigenvalue weighted by atomic mass is 19.1. The Morgan fingerprint density at radius 1 is 1.29 bits per heavy atom. The van der Waals surface area contributed by atoms with Gasteiger partial charge in [0.15, 0.2) is 0 Å². The molecule has 3 nitrogen and oxygen atoms in total. The van der Waals surface area contributed by atoms with E-state index in [1.165, 1.54) is 31.2 Å². The van der Waals surface area contributed by atoms with Crippen LogP contribution in [0.3, 0.4) is 0 Å². The number of halogens is 1. The fraction of sp³-hybridized carbons (Fsp3) is 0.200. The van der Waals surface area contributed by atoms with Crippen molar-refractivity contribution in [3.63, 3.8) is 0 Å². The number of carbonyl (C=O) groups is 2. The SMILES string of the molecule is CC(=O)OCc1ccc(C(=O)F)cc1. The number of benzene rings is 1. The van der Waals surface area contributed by atoms with Crippen LogP contribution in [0.4, 0.5) is 4.39 Å². The lowest BCUT2D eigenvalue weighted by molar-refractivity contribution is -0.142. The normalized spacial score (nSPS) is 9.57. The molecule has 0 bridgehead atoms. The van der Waals surface area contributed by atoms with E-state index in [-0.39, 0.29) is 18.1 Å². The maximum atomic E-state index is 12.2. The molecule has 1 aromatic rings. The predicted molar refractivity (Wildman–Crippen MR) is 47.4 cm³/mol. The molecule has 0 aliphatic rings. The summed E-state index contributed by atoms with van der Waals surface area (Å²) in [6.07, 6.45) is 0. The Kier molecular flexibility index (Phi) is 3.34. The van der Waals surface area contributed by atoms with Gasteiger partial charge >= 0.3 is 12.0 Å².